The monoisotopic (exact) mass is 377 g/mol. The number of likely N-dealkylation sites (tertiary alicyclic amines) is 1. The minimum absolute atomic E-state index is 0.286. The lowest BCUT2D eigenvalue weighted by molar-refractivity contribution is 0.122. The van der Waals surface area contributed by atoms with Crippen LogP contribution in [0.25, 0.3) is 11.0 Å². The van der Waals surface area contributed by atoms with Crippen molar-refractivity contribution in [1.82, 2.24) is 24.6 Å². The van der Waals surface area contributed by atoms with Crippen LogP contribution < -0.4 is 4.90 Å². The third-order valence-corrected chi connectivity index (χ3v) is 5.33. The van der Waals surface area contributed by atoms with Crippen molar-refractivity contribution < 1.29 is 4.74 Å². The van der Waals surface area contributed by atoms with Gasteiger partial charge in [-0.25, -0.2) is 4.68 Å². The maximum atomic E-state index is 6.26. The summed E-state index contributed by atoms with van der Waals surface area (Å²) in [6.07, 6.45) is 4.06. The number of nitrogens with zero attached hydrogens (tertiary/aromatic N) is 6. The predicted octanol–water partition coefficient (Wildman–Crippen LogP) is 2.57. The van der Waals surface area contributed by atoms with Crippen LogP contribution in [-0.2, 0) is 4.74 Å². The summed E-state index contributed by atoms with van der Waals surface area (Å²) in [5.41, 5.74) is 0.850. The van der Waals surface area contributed by atoms with E-state index >= 15 is 0 Å². The summed E-state index contributed by atoms with van der Waals surface area (Å²) in [6, 6.07) is 0.365. The Morgan fingerprint density at radius 1 is 1.15 bits per heavy atom. The molecular formula is C18H26ClN6O. The van der Waals surface area contributed by atoms with Crippen LogP contribution in [0.15, 0.2) is 6.20 Å². The van der Waals surface area contributed by atoms with Crippen LogP contribution in [0.1, 0.15) is 32.7 Å². The van der Waals surface area contributed by atoms with Gasteiger partial charge in [0.2, 0.25) is 5.28 Å². The highest BCUT2D eigenvalue weighted by Gasteiger charge is 2.25. The Morgan fingerprint density at radius 3 is 2.58 bits per heavy atom. The van der Waals surface area contributed by atoms with Gasteiger partial charge in [-0.15, -0.1) is 0 Å². The largest absolute Gasteiger partial charge is 0.378 e. The number of rotatable bonds is 4. The van der Waals surface area contributed by atoms with Gasteiger partial charge in [-0.1, -0.05) is 13.8 Å². The van der Waals surface area contributed by atoms with Crippen molar-refractivity contribution in [3.63, 3.8) is 0 Å². The fourth-order valence-electron chi connectivity index (χ4n) is 3.94. The molecule has 0 saturated carbocycles. The number of morpholine rings is 1. The number of hydrogen-bond acceptors (Lipinski definition) is 6. The molecule has 2 aromatic rings. The average Bonchev–Trinajstić information content (AvgIpc) is 3.05. The summed E-state index contributed by atoms with van der Waals surface area (Å²) < 4.78 is 7.52. The van der Waals surface area contributed by atoms with Crippen LogP contribution in [0, 0.1) is 5.92 Å². The summed E-state index contributed by atoms with van der Waals surface area (Å²) in [7, 11) is 0. The van der Waals surface area contributed by atoms with Crippen molar-refractivity contribution in [2.45, 2.75) is 32.7 Å². The van der Waals surface area contributed by atoms with Gasteiger partial charge in [0.25, 0.3) is 0 Å². The standard InChI is InChI=1S/C18H26ClN6O/c1-13(2)12-23-5-3-14(4-6-23)25-17-15(11-20-25)16(21-18(19)22-17)24-7-9-26-10-8-24/h11,14H,3-10,12H2,1-2H3. The van der Waals surface area contributed by atoms with Crippen LogP contribution in [0.5, 0.6) is 0 Å². The van der Waals surface area contributed by atoms with Gasteiger partial charge in [-0.3, -0.25) is 0 Å². The molecule has 141 valence electrons. The molecule has 8 heteroatoms. The molecule has 4 heterocycles. The molecule has 2 aromatic heterocycles. The molecule has 0 N–H and O–H groups in total. The zero-order chi connectivity index (χ0) is 18.1. The molecular weight excluding hydrogens is 352 g/mol. The lowest BCUT2D eigenvalue weighted by atomic mass is 10.0. The Labute approximate surface area is 159 Å². The van der Waals surface area contributed by atoms with E-state index in [0.717, 1.165) is 62.4 Å². The number of aromatic nitrogens is 4. The second kappa shape index (κ2) is 7.66. The molecule has 2 saturated heterocycles. The predicted molar refractivity (Wildman–Crippen MR) is 103 cm³/mol. The van der Waals surface area contributed by atoms with Gasteiger partial charge in [0.1, 0.15) is 5.82 Å². The lowest BCUT2D eigenvalue weighted by Gasteiger charge is -2.33. The number of fused-ring (bicyclic) bond motifs is 1. The quantitative estimate of drug-likeness (QED) is 0.763. The first-order valence-electron chi connectivity index (χ1n) is 9.36. The highest BCUT2D eigenvalue weighted by Crippen LogP contribution is 2.30. The first-order chi connectivity index (χ1) is 12.6. The smallest absolute Gasteiger partial charge is 0.226 e. The molecule has 2 fully saturated rings. The Hall–Kier alpha value is -1.44. The highest BCUT2D eigenvalue weighted by atomic mass is 35.5. The number of piperidine rings is 1. The molecule has 0 bridgehead atoms. The van der Waals surface area contributed by atoms with E-state index in [0.29, 0.717) is 19.3 Å². The van der Waals surface area contributed by atoms with Crippen LogP contribution in [-0.4, -0.2) is 70.6 Å². The van der Waals surface area contributed by atoms with Crippen LogP contribution in [0.3, 0.4) is 0 Å². The Bertz CT molecular complexity index is 749. The summed E-state index contributed by atoms with van der Waals surface area (Å²) in [4.78, 5) is 13.7. The fraction of sp³-hybridized carbons (Fsp3) is 0.667. The first-order valence-corrected chi connectivity index (χ1v) is 9.74. The van der Waals surface area contributed by atoms with E-state index in [1.807, 2.05) is 6.20 Å². The zero-order valence-corrected chi connectivity index (χ0v) is 16.2. The van der Waals surface area contributed by atoms with Crippen molar-refractivity contribution in [2.75, 3.05) is 50.8 Å². The second-order valence-electron chi connectivity index (χ2n) is 7.46. The number of ether oxygens (including phenoxy) is 1. The molecule has 0 spiro atoms. The van der Waals surface area contributed by atoms with E-state index in [2.05, 4.69) is 43.4 Å². The Morgan fingerprint density at radius 2 is 1.88 bits per heavy atom. The van der Waals surface area contributed by atoms with E-state index in [4.69, 9.17) is 16.3 Å². The minimum atomic E-state index is 0.286. The van der Waals surface area contributed by atoms with Crippen LogP contribution in [0.4, 0.5) is 5.82 Å². The van der Waals surface area contributed by atoms with Gasteiger partial charge in [-0.2, -0.15) is 15.1 Å². The summed E-state index contributed by atoms with van der Waals surface area (Å²) in [5, 5.41) is 5.94. The normalized spacial score (nSPS) is 20.4. The average molecular weight is 378 g/mol. The second-order valence-corrected chi connectivity index (χ2v) is 7.79. The molecule has 2 aliphatic rings. The van der Waals surface area contributed by atoms with Gasteiger partial charge < -0.3 is 14.5 Å². The topological polar surface area (TPSA) is 59.3 Å². The fourth-order valence-corrected chi connectivity index (χ4v) is 4.10. The molecule has 4 rings (SSSR count). The van der Waals surface area contributed by atoms with E-state index in [9.17, 15) is 0 Å². The van der Waals surface area contributed by atoms with E-state index in [-0.39, 0.29) is 5.28 Å². The Kier molecular flexibility index (Phi) is 5.29. The zero-order valence-electron chi connectivity index (χ0n) is 15.5. The third kappa shape index (κ3) is 3.66. The van der Waals surface area contributed by atoms with Gasteiger partial charge >= 0.3 is 0 Å². The van der Waals surface area contributed by atoms with Crippen molar-refractivity contribution in [1.29, 1.82) is 0 Å². The van der Waals surface area contributed by atoms with E-state index in [1.54, 1.807) is 0 Å². The van der Waals surface area contributed by atoms with E-state index < -0.39 is 0 Å². The van der Waals surface area contributed by atoms with Gasteiger partial charge in [0, 0.05) is 32.7 Å². The molecule has 0 atom stereocenters. The molecule has 0 amide bonds. The minimum Gasteiger partial charge on any atom is -0.378 e. The van der Waals surface area contributed by atoms with Crippen molar-refractivity contribution >= 4 is 28.5 Å². The van der Waals surface area contributed by atoms with Gasteiger partial charge in [0.15, 0.2) is 5.65 Å². The van der Waals surface area contributed by atoms with E-state index in [1.165, 1.54) is 5.92 Å². The summed E-state index contributed by atoms with van der Waals surface area (Å²) >= 11 is 6.26. The maximum Gasteiger partial charge on any atom is 0.226 e. The summed E-state index contributed by atoms with van der Waals surface area (Å²) in [6.45, 7) is 10.7. The molecule has 0 aromatic carbocycles. The SMILES string of the molecule is C[C](C)CN1CCC(n2ncc3c(N4CCOCC4)nc(Cl)nc32)CC1. The maximum absolute atomic E-state index is 6.26. The number of hydrogen-bond donors (Lipinski definition) is 0. The number of anilines is 1. The molecule has 1 radical (unpaired) electrons. The third-order valence-electron chi connectivity index (χ3n) is 5.16. The number of halogens is 1. The van der Waals surface area contributed by atoms with Crippen molar-refractivity contribution in [2.24, 2.45) is 0 Å². The van der Waals surface area contributed by atoms with Gasteiger partial charge in [-0.05, 0) is 30.4 Å². The molecule has 26 heavy (non-hydrogen) atoms. The van der Waals surface area contributed by atoms with Crippen LogP contribution in [0.2, 0.25) is 5.28 Å². The molecule has 0 unspecified atom stereocenters. The highest BCUT2D eigenvalue weighted by molar-refractivity contribution is 6.28. The van der Waals surface area contributed by atoms with Crippen LogP contribution >= 0.6 is 11.6 Å². The molecule has 0 aliphatic carbocycles. The van der Waals surface area contributed by atoms with Crippen molar-refractivity contribution in [3.8, 4) is 0 Å². The van der Waals surface area contributed by atoms with Crippen molar-refractivity contribution in [3.05, 3.63) is 17.4 Å². The molecule has 2 aliphatic heterocycles. The first kappa shape index (κ1) is 17.9. The molecule has 7 nitrogen and oxygen atoms in total. The van der Waals surface area contributed by atoms with Gasteiger partial charge in [0.05, 0.1) is 30.8 Å². The Balaban J connectivity index is 1.58. The lowest BCUT2D eigenvalue weighted by Crippen LogP contribution is -2.37. The summed E-state index contributed by atoms with van der Waals surface area (Å²) in [5.74, 6) is 2.34.